The Labute approximate surface area is 107 Å². The number of hydrogen-bond acceptors (Lipinski definition) is 3. The Hall–Kier alpha value is -0.120. The molecule has 1 rings (SSSR count). The van der Waals surface area contributed by atoms with Crippen LogP contribution >= 0.6 is 0 Å². The molecule has 0 bridgehead atoms. The van der Waals surface area contributed by atoms with Crippen LogP contribution in [0.1, 0.15) is 39.5 Å². The van der Waals surface area contributed by atoms with E-state index in [1.54, 1.807) is 0 Å². The molecule has 0 amide bonds. The van der Waals surface area contributed by atoms with E-state index in [0.717, 1.165) is 26.2 Å². The highest BCUT2D eigenvalue weighted by molar-refractivity contribution is 4.79. The molecule has 1 heterocycles. The van der Waals surface area contributed by atoms with Crippen molar-refractivity contribution in [2.24, 2.45) is 5.41 Å². The molecule has 2 atom stereocenters. The van der Waals surface area contributed by atoms with Crippen LogP contribution < -0.4 is 5.32 Å². The summed E-state index contributed by atoms with van der Waals surface area (Å²) in [6.07, 6.45) is 5.49. The van der Waals surface area contributed by atoms with Gasteiger partial charge >= 0.3 is 0 Å². The minimum Gasteiger partial charge on any atom is -0.377 e. The lowest BCUT2D eigenvalue weighted by atomic mass is 9.87. The first kappa shape index (κ1) is 14.9. The summed E-state index contributed by atoms with van der Waals surface area (Å²) in [6.45, 7) is 8.91. The average Bonchev–Trinajstić information content (AvgIpc) is 2.30. The number of rotatable bonds is 7. The Balaban J connectivity index is 2.33. The molecule has 3 nitrogen and oxygen atoms in total. The van der Waals surface area contributed by atoms with Crippen molar-refractivity contribution in [1.82, 2.24) is 10.2 Å². The summed E-state index contributed by atoms with van der Waals surface area (Å²) in [5.41, 5.74) is 0.373. The van der Waals surface area contributed by atoms with Crippen molar-refractivity contribution < 1.29 is 4.74 Å². The first-order valence-electron chi connectivity index (χ1n) is 7.04. The lowest BCUT2D eigenvalue weighted by molar-refractivity contribution is -0.00712. The normalized spacial score (nSPS) is 24.9. The number of ether oxygens (including phenoxy) is 1. The SMILES string of the molecule is CCC(C)(CNC)CN(C)CC1CCCCO1. The zero-order chi connectivity index (χ0) is 12.7. The van der Waals surface area contributed by atoms with E-state index < -0.39 is 0 Å². The number of nitrogens with one attached hydrogen (secondary N) is 1. The maximum absolute atomic E-state index is 5.80. The van der Waals surface area contributed by atoms with Crippen LogP contribution in [0.2, 0.25) is 0 Å². The molecule has 0 aromatic heterocycles. The van der Waals surface area contributed by atoms with Crippen LogP contribution in [-0.4, -0.2) is 51.3 Å². The molecular formula is C14H30N2O. The smallest absolute Gasteiger partial charge is 0.0701 e. The zero-order valence-corrected chi connectivity index (χ0v) is 12.1. The quantitative estimate of drug-likeness (QED) is 0.740. The molecule has 1 aliphatic heterocycles. The van der Waals surface area contributed by atoms with Gasteiger partial charge < -0.3 is 15.0 Å². The number of likely N-dealkylation sites (N-methyl/N-ethyl adjacent to an activating group) is 1. The van der Waals surface area contributed by atoms with Crippen LogP contribution in [0.25, 0.3) is 0 Å². The molecule has 17 heavy (non-hydrogen) atoms. The summed E-state index contributed by atoms with van der Waals surface area (Å²) in [6, 6.07) is 0. The second-order valence-corrected chi connectivity index (χ2v) is 5.88. The predicted molar refractivity (Wildman–Crippen MR) is 73.4 cm³/mol. The Bertz CT molecular complexity index is 204. The van der Waals surface area contributed by atoms with E-state index >= 15 is 0 Å². The van der Waals surface area contributed by atoms with Crippen molar-refractivity contribution in [3.8, 4) is 0 Å². The maximum Gasteiger partial charge on any atom is 0.0701 e. The third-order valence-electron chi connectivity index (χ3n) is 3.90. The first-order chi connectivity index (χ1) is 8.09. The molecule has 0 saturated carbocycles. The van der Waals surface area contributed by atoms with E-state index in [9.17, 15) is 0 Å². The summed E-state index contributed by atoms with van der Waals surface area (Å²) < 4.78 is 5.80. The van der Waals surface area contributed by atoms with Crippen molar-refractivity contribution in [3.05, 3.63) is 0 Å². The van der Waals surface area contributed by atoms with Gasteiger partial charge in [0.05, 0.1) is 6.10 Å². The largest absolute Gasteiger partial charge is 0.377 e. The van der Waals surface area contributed by atoms with Crippen molar-refractivity contribution in [1.29, 1.82) is 0 Å². The van der Waals surface area contributed by atoms with Gasteiger partial charge in [-0.05, 0) is 45.2 Å². The van der Waals surface area contributed by atoms with Crippen LogP contribution in [-0.2, 0) is 4.74 Å². The highest BCUT2D eigenvalue weighted by Crippen LogP contribution is 2.22. The van der Waals surface area contributed by atoms with Crippen molar-refractivity contribution in [2.45, 2.75) is 45.6 Å². The zero-order valence-electron chi connectivity index (χ0n) is 12.1. The standard InChI is InChI=1S/C14H30N2O/c1-5-14(2,11-15-3)12-16(4)10-13-8-6-7-9-17-13/h13,15H,5-12H2,1-4H3. The molecule has 1 aliphatic rings. The van der Waals surface area contributed by atoms with E-state index in [2.05, 4.69) is 31.1 Å². The highest BCUT2D eigenvalue weighted by Gasteiger charge is 2.25. The van der Waals surface area contributed by atoms with E-state index in [-0.39, 0.29) is 0 Å². The lowest BCUT2D eigenvalue weighted by Crippen LogP contribution is -2.43. The van der Waals surface area contributed by atoms with E-state index in [4.69, 9.17) is 4.74 Å². The molecule has 102 valence electrons. The fourth-order valence-corrected chi connectivity index (χ4v) is 2.73. The van der Waals surface area contributed by atoms with E-state index in [1.807, 2.05) is 7.05 Å². The molecule has 0 aliphatic carbocycles. The third-order valence-corrected chi connectivity index (χ3v) is 3.90. The van der Waals surface area contributed by atoms with Crippen LogP contribution in [0, 0.1) is 5.41 Å². The molecule has 1 saturated heterocycles. The van der Waals surface area contributed by atoms with Crippen LogP contribution in [0.4, 0.5) is 0 Å². The molecule has 0 radical (unpaired) electrons. The summed E-state index contributed by atoms with van der Waals surface area (Å²) >= 11 is 0. The molecular weight excluding hydrogens is 212 g/mol. The predicted octanol–water partition coefficient (Wildman–Crippen LogP) is 2.12. The second kappa shape index (κ2) is 7.34. The molecule has 0 aromatic rings. The highest BCUT2D eigenvalue weighted by atomic mass is 16.5. The van der Waals surface area contributed by atoms with Gasteiger partial charge in [-0.2, -0.15) is 0 Å². The van der Waals surface area contributed by atoms with Crippen molar-refractivity contribution in [2.75, 3.05) is 40.3 Å². The third kappa shape index (κ3) is 5.36. The second-order valence-electron chi connectivity index (χ2n) is 5.88. The summed E-state index contributed by atoms with van der Waals surface area (Å²) in [4.78, 5) is 2.44. The Kier molecular flexibility index (Phi) is 6.45. The Morgan fingerprint density at radius 1 is 1.41 bits per heavy atom. The number of nitrogens with zero attached hydrogens (tertiary/aromatic N) is 1. The van der Waals surface area contributed by atoms with Gasteiger partial charge in [-0.3, -0.25) is 0 Å². The van der Waals surface area contributed by atoms with Crippen molar-refractivity contribution in [3.63, 3.8) is 0 Å². The molecule has 1 N–H and O–H groups in total. The van der Waals surface area contributed by atoms with Gasteiger partial charge in [0.2, 0.25) is 0 Å². The van der Waals surface area contributed by atoms with Gasteiger partial charge in [-0.15, -0.1) is 0 Å². The topological polar surface area (TPSA) is 24.5 Å². The fourth-order valence-electron chi connectivity index (χ4n) is 2.73. The maximum atomic E-state index is 5.80. The van der Waals surface area contributed by atoms with Crippen LogP contribution in [0.3, 0.4) is 0 Å². The van der Waals surface area contributed by atoms with Gasteiger partial charge in [0.1, 0.15) is 0 Å². The molecule has 1 fully saturated rings. The molecule has 0 aromatic carbocycles. The monoisotopic (exact) mass is 242 g/mol. The average molecular weight is 242 g/mol. The van der Waals surface area contributed by atoms with Gasteiger partial charge in [-0.1, -0.05) is 13.8 Å². The molecule has 2 unspecified atom stereocenters. The van der Waals surface area contributed by atoms with E-state index in [0.29, 0.717) is 11.5 Å². The number of hydrogen-bond donors (Lipinski definition) is 1. The van der Waals surface area contributed by atoms with Gasteiger partial charge in [0.15, 0.2) is 0 Å². The molecule has 3 heteroatoms. The fraction of sp³-hybridized carbons (Fsp3) is 1.00. The summed E-state index contributed by atoms with van der Waals surface area (Å²) in [7, 11) is 4.26. The van der Waals surface area contributed by atoms with Gasteiger partial charge in [-0.25, -0.2) is 0 Å². The molecule has 0 spiro atoms. The Morgan fingerprint density at radius 2 is 2.18 bits per heavy atom. The minimum atomic E-state index is 0.373. The summed E-state index contributed by atoms with van der Waals surface area (Å²) in [5.74, 6) is 0. The van der Waals surface area contributed by atoms with E-state index in [1.165, 1.54) is 25.7 Å². The summed E-state index contributed by atoms with van der Waals surface area (Å²) in [5, 5.41) is 3.31. The van der Waals surface area contributed by atoms with Crippen LogP contribution in [0.5, 0.6) is 0 Å². The van der Waals surface area contributed by atoms with Crippen molar-refractivity contribution >= 4 is 0 Å². The lowest BCUT2D eigenvalue weighted by Gasteiger charge is -2.35. The van der Waals surface area contributed by atoms with Gasteiger partial charge in [0, 0.05) is 26.2 Å². The van der Waals surface area contributed by atoms with Gasteiger partial charge in [0.25, 0.3) is 0 Å². The van der Waals surface area contributed by atoms with Crippen LogP contribution in [0.15, 0.2) is 0 Å². The minimum absolute atomic E-state index is 0.373. The first-order valence-corrected chi connectivity index (χ1v) is 7.04. The Morgan fingerprint density at radius 3 is 2.71 bits per heavy atom.